The third-order valence-corrected chi connectivity index (χ3v) is 5.42. The standard InChI is InChI=1S/C25H19FN6O4/c1-35-20-14-15(10-12-21(33)34)9-11-16(20)24-28-25(36-30-24)22-23(18-7-4-5-13-27-18)32(31-29-22)19-8-3-2-6-17(19)26/h2-9,11,13-14H,10,12H2,1H3,(H,33,34). The molecule has 11 heteroatoms. The van der Waals surface area contributed by atoms with E-state index in [0.717, 1.165) is 5.56 Å². The van der Waals surface area contributed by atoms with E-state index in [-0.39, 0.29) is 29.5 Å². The largest absolute Gasteiger partial charge is 0.496 e. The van der Waals surface area contributed by atoms with E-state index in [9.17, 15) is 9.18 Å². The number of rotatable bonds is 8. The molecule has 0 aliphatic rings. The number of ether oxygens (including phenoxy) is 1. The highest BCUT2D eigenvalue weighted by atomic mass is 19.1. The zero-order chi connectivity index (χ0) is 25.1. The van der Waals surface area contributed by atoms with Gasteiger partial charge in [0.1, 0.15) is 22.9 Å². The quantitative estimate of drug-likeness (QED) is 0.343. The predicted octanol–water partition coefficient (Wildman–Crippen LogP) is 4.21. The van der Waals surface area contributed by atoms with Crippen molar-refractivity contribution in [2.45, 2.75) is 12.8 Å². The van der Waals surface area contributed by atoms with Crippen molar-refractivity contribution in [3.63, 3.8) is 0 Å². The topological polar surface area (TPSA) is 129 Å². The molecule has 3 aromatic heterocycles. The van der Waals surface area contributed by atoms with Crippen LogP contribution in [0, 0.1) is 5.82 Å². The second-order valence-electron chi connectivity index (χ2n) is 7.72. The fourth-order valence-corrected chi connectivity index (χ4v) is 3.71. The van der Waals surface area contributed by atoms with Crippen LogP contribution in [0.25, 0.3) is 40.0 Å². The molecular formula is C25H19FN6O4. The molecule has 0 unspecified atom stereocenters. The number of hydrogen-bond donors (Lipinski definition) is 1. The number of halogens is 1. The monoisotopic (exact) mass is 486 g/mol. The number of para-hydroxylation sites is 1. The van der Waals surface area contributed by atoms with Crippen LogP contribution in [-0.4, -0.2) is 48.3 Å². The van der Waals surface area contributed by atoms with Gasteiger partial charge in [0.05, 0.1) is 18.4 Å². The van der Waals surface area contributed by atoms with E-state index in [1.54, 1.807) is 60.8 Å². The minimum absolute atomic E-state index is 0.00280. The number of hydrogen-bond acceptors (Lipinski definition) is 8. The number of aliphatic carboxylic acids is 1. The number of benzene rings is 2. The fourth-order valence-electron chi connectivity index (χ4n) is 3.71. The van der Waals surface area contributed by atoms with Gasteiger partial charge in [0.2, 0.25) is 5.82 Å². The van der Waals surface area contributed by atoms with Crippen LogP contribution in [0.2, 0.25) is 0 Å². The van der Waals surface area contributed by atoms with Crippen LogP contribution in [-0.2, 0) is 11.2 Å². The average molecular weight is 486 g/mol. The summed E-state index contributed by atoms with van der Waals surface area (Å²) >= 11 is 0. The van der Waals surface area contributed by atoms with Crippen LogP contribution in [0.1, 0.15) is 12.0 Å². The summed E-state index contributed by atoms with van der Waals surface area (Å²) in [4.78, 5) is 19.8. The Labute approximate surface area is 204 Å². The number of pyridine rings is 1. The minimum Gasteiger partial charge on any atom is -0.496 e. The number of carbonyl (C=O) groups is 1. The van der Waals surface area contributed by atoms with Gasteiger partial charge >= 0.3 is 5.97 Å². The zero-order valence-electron chi connectivity index (χ0n) is 19.0. The van der Waals surface area contributed by atoms with Gasteiger partial charge in [-0.15, -0.1) is 5.10 Å². The summed E-state index contributed by atoms with van der Waals surface area (Å²) in [6, 6.07) is 16.7. The molecule has 0 aliphatic carbocycles. The van der Waals surface area contributed by atoms with Gasteiger partial charge in [-0.25, -0.2) is 9.07 Å². The highest BCUT2D eigenvalue weighted by Crippen LogP contribution is 2.34. The second kappa shape index (κ2) is 9.74. The highest BCUT2D eigenvalue weighted by Gasteiger charge is 2.25. The SMILES string of the molecule is COc1cc(CCC(=O)O)ccc1-c1noc(-c2nnn(-c3ccccc3F)c2-c2ccccn2)n1. The molecule has 2 aromatic carbocycles. The van der Waals surface area contributed by atoms with E-state index in [1.165, 1.54) is 17.9 Å². The van der Waals surface area contributed by atoms with E-state index in [1.807, 2.05) is 0 Å². The number of nitrogens with zero attached hydrogens (tertiary/aromatic N) is 6. The molecular weight excluding hydrogens is 467 g/mol. The van der Waals surface area contributed by atoms with Crippen molar-refractivity contribution in [1.29, 1.82) is 0 Å². The van der Waals surface area contributed by atoms with Crippen LogP contribution in [0.3, 0.4) is 0 Å². The Morgan fingerprint density at radius 3 is 2.72 bits per heavy atom. The first-order valence-corrected chi connectivity index (χ1v) is 10.9. The lowest BCUT2D eigenvalue weighted by Crippen LogP contribution is -2.03. The summed E-state index contributed by atoms with van der Waals surface area (Å²) < 4.78 is 27.0. The lowest BCUT2D eigenvalue weighted by atomic mass is 10.1. The molecule has 0 spiro atoms. The fraction of sp³-hybridized carbons (Fsp3) is 0.120. The van der Waals surface area contributed by atoms with Gasteiger partial charge in [-0.3, -0.25) is 9.78 Å². The molecule has 5 rings (SSSR count). The number of carboxylic acids is 1. The van der Waals surface area contributed by atoms with Crippen molar-refractivity contribution >= 4 is 5.97 Å². The van der Waals surface area contributed by atoms with Crippen molar-refractivity contribution in [1.82, 2.24) is 30.1 Å². The molecule has 0 aliphatic heterocycles. The first-order valence-electron chi connectivity index (χ1n) is 10.9. The summed E-state index contributed by atoms with van der Waals surface area (Å²) in [5.41, 5.74) is 2.63. The predicted molar refractivity (Wildman–Crippen MR) is 126 cm³/mol. The zero-order valence-corrected chi connectivity index (χ0v) is 19.0. The van der Waals surface area contributed by atoms with Crippen LogP contribution in [0.5, 0.6) is 5.75 Å². The van der Waals surface area contributed by atoms with Crippen LogP contribution >= 0.6 is 0 Å². The Hall–Kier alpha value is -4.93. The van der Waals surface area contributed by atoms with Crippen LogP contribution in [0.4, 0.5) is 4.39 Å². The molecule has 0 amide bonds. The Balaban J connectivity index is 1.57. The molecule has 0 saturated heterocycles. The summed E-state index contributed by atoms with van der Waals surface area (Å²) in [7, 11) is 1.50. The Morgan fingerprint density at radius 2 is 1.97 bits per heavy atom. The van der Waals surface area contributed by atoms with Crippen molar-refractivity contribution in [3.05, 3.63) is 78.2 Å². The van der Waals surface area contributed by atoms with Crippen molar-refractivity contribution < 1.29 is 23.6 Å². The lowest BCUT2D eigenvalue weighted by molar-refractivity contribution is -0.136. The Morgan fingerprint density at radius 1 is 1.14 bits per heavy atom. The molecule has 180 valence electrons. The number of methoxy groups -OCH3 is 1. The maximum atomic E-state index is 14.6. The molecule has 0 saturated carbocycles. The number of aryl methyl sites for hydroxylation is 1. The third-order valence-electron chi connectivity index (χ3n) is 5.42. The molecule has 0 atom stereocenters. The molecule has 1 N–H and O–H groups in total. The second-order valence-corrected chi connectivity index (χ2v) is 7.72. The maximum absolute atomic E-state index is 14.6. The molecule has 0 bridgehead atoms. The van der Waals surface area contributed by atoms with Crippen molar-refractivity contribution in [2.24, 2.45) is 0 Å². The molecule has 0 radical (unpaired) electrons. The van der Waals surface area contributed by atoms with E-state index in [0.29, 0.717) is 29.1 Å². The minimum atomic E-state index is -0.881. The Kier molecular flexibility index (Phi) is 6.18. The van der Waals surface area contributed by atoms with Crippen LogP contribution in [0.15, 0.2) is 71.4 Å². The van der Waals surface area contributed by atoms with E-state index in [2.05, 4.69) is 25.4 Å². The van der Waals surface area contributed by atoms with Gasteiger partial charge < -0.3 is 14.4 Å². The summed E-state index contributed by atoms with van der Waals surface area (Å²) in [6.07, 6.45) is 1.96. The van der Waals surface area contributed by atoms with Crippen molar-refractivity contribution in [3.8, 4) is 45.8 Å². The average Bonchev–Trinajstić information content (AvgIpc) is 3.55. The molecule has 36 heavy (non-hydrogen) atoms. The van der Waals surface area contributed by atoms with Gasteiger partial charge in [-0.05, 0) is 48.4 Å². The van der Waals surface area contributed by atoms with E-state index < -0.39 is 11.8 Å². The third kappa shape index (κ3) is 4.41. The molecule has 3 heterocycles. The van der Waals surface area contributed by atoms with Gasteiger partial charge in [0.15, 0.2) is 5.69 Å². The lowest BCUT2D eigenvalue weighted by Gasteiger charge is -2.08. The summed E-state index contributed by atoms with van der Waals surface area (Å²) in [5, 5.41) is 21.4. The van der Waals surface area contributed by atoms with Crippen molar-refractivity contribution in [2.75, 3.05) is 7.11 Å². The smallest absolute Gasteiger partial charge is 0.303 e. The van der Waals surface area contributed by atoms with E-state index in [4.69, 9.17) is 14.4 Å². The molecule has 5 aromatic rings. The van der Waals surface area contributed by atoms with Gasteiger partial charge in [-0.2, -0.15) is 4.98 Å². The normalized spacial score (nSPS) is 10.9. The van der Waals surface area contributed by atoms with E-state index >= 15 is 0 Å². The summed E-state index contributed by atoms with van der Waals surface area (Å²) in [5.74, 6) is -0.604. The number of carboxylic acid groups (broad SMARTS) is 1. The molecule has 0 fully saturated rings. The maximum Gasteiger partial charge on any atom is 0.303 e. The summed E-state index contributed by atoms with van der Waals surface area (Å²) in [6.45, 7) is 0. The van der Waals surface area contributed by atoms with Gasteiger partial charge in [0, 0.05) is 12.6 Å². The first kappa shape index (κ1) is 22.8. The van der Waals surface area contributed by atoms with Crippen LogP contribution < -0.4 is 4.74 Å². The molecule has 10 nitrogen and oxygen atoms in total. The number of aromatic nitrogens is 6. The first-order chi connectivity index (χ1) is 17.5. The van der Waals surface area contributed by atoms with Gasteiger partial charge in [0.25, 0.3) is 5.89 Å². The highest BCUT2D eigenvalue weighted by molar-refractivity contribution is 5.74. The Bertz CT molecular complexity index is 1530. The van der Waals surface area contributed by atoms with Gasteiger partial charge in [-0.1, -0.05) is 34.6 Å².